The van der Waals surface area contributed by atoms with E-state index in [0.29, 0.717) is 6.42 Å². The minimum atomic E-state index is 0.202. The maximum atomic E-state index is 12.2. The fourth-order valence-corrected chi connectivity index (χ4v) is 2.35. The lowest BCUT2D eigenvalue weighted by Gasteiger charge is -2.17. The van der Waals surface area contributed by atoms with Crippen LogP contribution in [0.3, 0.4) is 0 Å². The average molecular weight is 296 g/mol. The number of pyridine rings is 1. The zero-order valence-electron chi connectivity index (χ0n) is 13.5. The van der Waals surface area contributed by atoms with Gasteiger partial charge in [0.05, 0.1) is 0 Å². The largest absolute Gasteiger partial charge is 0.345 e. The van der Waals surface area contributed by atoms with Gasteiger partial charge < -0.3 is 4.90 Å². The van der Waals surface area contributed by atoms with Gasteiger partial charge in [0, 0.05) is 32.4 Å². The Kier molecular flexibility index (Phi) is 6.13. The Morgan fingerprint density at radius 1 is 0.955 bits per heavy atom. The van der Waals surface area contributed by atoms with E-state index in [1.807, 2.05) is 24.1 Å². The SMILES string of the molecule is CCc1ccc(CCC(=O)N(C)CCc2ccncc2)cc1. The summed E-state index contributed by atoms with van der Waals surface area (Å²) in [6.07, 6.45) is 6.88. The Morgan fingerprint density at radius 2 is 1.55 bits per heavy atom. The number of rotatable bonds is 7. The van der Waals surface area contributed by atoms with E-state index in [4.69, 9.17) is 0 Å². The van der Waals surface area contributed by atoms with Crippen molar-refractivity contribution < 1.29 is 4.79 Å². The molecule has 0 fully saturated rings. The zero-order valence-corrected chi connectivity index (χ0v) is 13.5. The first kappa shape index (κ1) is 16.2. The van der Waals surface area contributed by atoms with Gasteiger partial charge >= 0.3 is 0 Å². The van der Waals surface area contributed by atoms with Crippen LogP contribution in [0.2, 0.25) is 0 Å². The van der Waals surface area contributed by atoms with Crippen molar-refractivity contribution in [1.82, 2.24) is 9.88 Å². The molecule has 116 valence electrons. The summed E-state index contributed by atoms with van der Waals surface area (Å²) in [6.45, 7) is 2.90. The molecule has 0 unspecified atom stereocenters. The third-order valence-corrected chi connectivity index (χ3v) is 3.97. The number of amides is 1. The van der Waals surface area contributed by atoms with Gasteiger partial charge in [0.15, 0.2) is 0 Å². The van der Waals surface area contributed by atoms with Gasteiger partial charge in [-0.25, -0.2) is 0 Å². The van der Waals surface area contributed by atoms with Gasteiger partial charge in [0.2, 0.25) is 5.91 Å². The summed E-state index contributed by atoms with van der Waals surface area (Å²) in [5.41, 5.74) is 3.78. The molecule has 0 aliphatic rings. The summed E-state index contributed by atoms with van der Waals surface area (Å²) < 4.78 is 0. The summed E-state index contributed by atoms with van der Waals surface area (Å²) in [4.78, 5) is 18.0. The Balaban J connectivity index is 1.76. The first-order chi connectivity index (χ1) is 10.7. The Labute approximate surface area is 133 Å². The van der Waals surface area contributed by atoms with Crippen LogP contribution in [0.25, 0.3) is 0 Å². The van der Waals surface area contributed by atoms with E-state index in [9.17, 15) is 4.79 Å². The van der Waals surface area contributed by atoms with E-state index in [0.717, 1.165) is 25.8 Å². The van der Waals surface area contributed by atoms with Crippen LogP contribution in [-0.4, -0.2) is 29.4 Å². The smallest absolute Gasteiger partial charge is 0.222 e. The van der Waals surface area contributed by atoms with Gasteiger partial charge in [-0.05, 0) is 48.1 Å². The van der Waals surface area contributed by atoms with Crippen LogP contribution in [-0.2, 0) is 24.1 Å². The number of benzene rings is 1. The van der Waals surface area contributed by atoms with Crippen molar-refractivity contribution in [2.75, 3.05) is 13.6 Å². The summed E-state index contributed by atoms with van der Waals surface area (Å²) in [5, 5.41) is 0. The lowest BCUT2D eigenvalue weighted by molar-refractivity contribution is -0.129. The second-order valence-electron chi connectivity index (χ2n) is 5.59. The number of hydrogen-bond donors (Lipinski definition) is 0. The summed E-state index contributed by atoms with van der Waals surface area (Å²) in [6, 6.07) is 12.5. The molecule has 0 bridgehead atoms. The summed E-state index contributed by atoms with van der Waals surface area (Å²) in [5.74, 6) is 0.202. The van der Waals surface area contributed by atoms with E-state index in [2.05, 4.69) is 36.2 Å². The maximum Gasteiger partial charge on any atom is 0.222 e. The number of carbonyl (C=O) groups is 1. The van der Waals surface area contributed by atoms with Crippen LogP contribution < -0.4 is 0 Å². The van der Waals surface area contributed by atoms with Gasteiger partial charge in [-0.15, -0.1) is 0 Å². The molecule has 2 aromatic rings. The van der Waals surface area contributed by atoms with E-state index < -0.39 is 0 Å². The van der Waals surface area contributed by atoms with Crippen LogP contribution in [0.4, 0.5) is 0 Å². The molecule has 0 atom stereocenters. The molecular weight excluding hydrogens is 272 g/mol. The van der Waals surface area contributed by atoms with Gasteiger partial charge in [0.25, 0.3) is 0 Å². The number of aromatic nitrogens is 1. The third kappa shape index (κ3) is 4.99. The van der Waals surface area contributed by atoms with Crippen molar-refractivity contribution in [3.8, 4) is 0 Å². The van der Waals surface area contributed by atoms with Crippen LogP contribution in [0, 0.1) is 0 Å². The van der Waals surface area contributed by atoms with Crippen molar-refractivity contribution >= 4 is 5.91 Å². The topological polar surface area (TPSA) is 33.2 Å². The van der Waals surface area contributed by atoms with Crippen LogP contribution in [0.5, 0.6) is 0 Å². The monoisotopic (exact) mass is 296 g/mol. The molecule has 0 saturated carbocycles. The second-order valence-corrected chi connectivity index (χ2v) is 5.59. The minimum Gasteiger partial charge on any atom is -0.345 e. The molecule has 0 radical (unpaired) electrons. The third-order valence-electron chi connectivity index (χ3n) is 3.97. The molecule has 0 N–H and O–H groups in total. The Morgan fingerprint density at radius 3 is 2.18 bits per heavy atom. The zero-order chi connectivity index (χ0) is 15.8. The summed E-state index contributed by atoms with van der Waals surface area (Å²) in [7, 11) is 1.88. The molecule has 1 aromatic heterocycles. The molecule has 2 rings (SSSR count). The second kappa shape index (κ2) is 8.32. The van der Waals surface area contributed by atoms with Crippen molar-refractivity contribution in [1.29, 1.82) is 0 Å². The molecule has 22 heavy (non-hydrogen) atoms. The molecule has 1 heterocycles. The standard InChI is InChI=1S/C19H24N2O/c1-3-16-4-6-17(7-5-16)8-9-19(22)21(2)15-12-18-10-13-20-14-11-18/h4-7,10-11,13-14H,3,8-9,12,15H2,1-2H3. The minimum absolute atomic E-state index is 0.202. The molecular formula is C19H24N2O. The molecule has 0 spiro atoms. The van der Waals surface area contributed by atoms with Crippen molar-refractivity contribution in [3.05, 3.63) is 65.5 Å². The number of nitrogens with zero attached hydrogens (tertiary/aromatic N) is 2. The fourth-order valence-electron chi connectivity index (χ4n) is 2.35. The quantitative estimate of drug-likeness (QED) is 0.785. The van der Waals surface area contributed by atoms with E-state index in [1.165, 1.54) is 16.7 Å². The van der Waals surface area contributed by atoms with Crippen LogP contribution in [0.1, 0.15) is 30.0 Å². The number of carbonyl (C=O) groups excluding carboxylic acids is 1. The molecule has 3 nitrogen and oxygen atoms in total. The van der Waals surface area contributed by atoms with Crippen molar-refractivity contribution in [3.63, 3.8) is 0 Å². The van der Waals surface area contributed by atoms with Crippen LogP contribution >= 0.6 is 0 Å². The highest BCUT2D eigenvalue weighted by Gasteiger charge is 2.08. The predicted molar refractivity (Wildman–Crippen MR) is 89.7 cm³/mol. The Hall–Kier alpha value is -2.16. The van der Waals surface area contributed by atoms with Crippen molar-refractivity contribution in [2.24, 2.45) is 0 Å². The van der Waals surface area contributed by atoms with Gasteiger partial charge in [-0.1, -0.05) is 31.2 Å². The average Bonchev–Trinajstić information content (AvgIpc) is 2.58. The normalized spacial score (nSPS) is 10.5. The number of aryl methyl sites for hydroxylation is 2. The molecule has 0 aliphatic carbocycles. The molecule has 0 saturated heterocycles. The molecule has 1 aromatic carbocycles. The van der Waals surface area contributed by atoms with E-state index in [-0.39, 0.29) is 5.91 Å². The van der Waals surface area contributed by atoms with Crippen molar-refractivity contribution in [2.45, 2.75) is 32.6 Å². The molecule has 0 aliphatic heterocycles. The highest BCUT2D eigenvalue weighted by Crippen LogP contribution is 2.08. The highest BCUT2D eigenvalue weighted by atomic mass is 16.2. The lowest BCUT2D eigenvalue weighted by Crippen LogP contribution is -2.29. The highest BCUT2D eigenvalue weighted by molar-refractivity contribution is 5.76. The van der Waals surface area contributed by atoms with Gasteiger partial charge in [0.1, 0.15) is 0 Å². The predicted octanol–water partition coefficient (Wildman–Crippen LogP) is 3.28. The maximum absolute atomic E-state index is 12.2. The van der Waals surface area contributed by atoms with Gasteiger partial charge in [-0.2, -0.15) is 0 Å². The first-order valence-electron chi connectivity index (χ1n) is 7.89. The van der Waals surface area contributed by atoms with Gasteiger partial charge in [-0.3, -0.25) is 9.78 Å². The lowest BCUT2D eigenvalue weighted by atomic mass is 10.1. The first-order valence-corrected chi connectivity index (χ1v) is 7.89. The number of hydrogen-bond acceptors (Lipinski definition) is 2. The van der Waals surface area contributed by atoms with E-state index >= 15 is 0 Å². The van der Waals surface area contributed by atoms with E-state index in [1.54, 1.807) is 12.4 Å². The molecule has 3 heteroatoms. The Bertz CT molecular complexity index is 578. The van der Waals surface area contributed by atoms with Crippen LogP contribution in [0.15, 0.2) is 48.8 Å². The molecule has 1 amide bonds. The fraction of sp³-hybridized carbons (Fsp3) is 0.368. The number of likely N-dealkylation sites (N-methyl/N-ethyl adjacent to an activating group) is 1. The summed E-state index contributed by atoms with van der Waals surface area (Å²) >= 11 is 0.